The van der Waals surface area contributed by atoms with Gasteiger partial charge in [0.25, 0.3) is 0 Å². The number of rotatable bonds is 3. The van der Waals surface area contributed by atoms with Crippen LogP contribution in [0.3, 0.4) is 0 Å². The first-order valence-electron chi connectivity index (χ1n) is 5.46. The lowest BCUT2D eigenvalue weighted by Crippen LogP contribution is -2.59. The van der Waals surface area contributed by atoms with E-state index in [1.165, 1.54) is 5.19 Å². The quantitative estimate of drug-likeness (QED) is 0.573. The Morgan fingerprint density at radius 2 is 1.40 bits per heavy atom. The van der Waals surface area contributed by atoms with E-state index in [1.54, 1.807) is 0 Å². The van der Waals surface area contributed by atoms with E-state index in [9.17, 15) is 0 Å². The van der Waals surface area contributed by atoms with Crippen LogP contribution in [-0.4, -0.2) is 20.8 Å². The molecule has 0 spiro atoms. The minimum Gasteiger partial charge on any atom is -0.129 e. The molecule has 0 aromatic heterocycles. The van der Waals surface area contributed by atoms with Crippen LogP contribution >= 0.6 is 11.6 Å². The average Bonchev–Trinajstić information content (AvgIpc) is 2.16. The van der Waals surface area contributed by atoms with Gasteiger partial charge < -0.3 is 0 Å². The second-order valence-electron chi connectivity index (χ2n) is 5.82. The van der Waals surface area contributed by atoms with Gasteiger partial charge in [0.1, 0.15) is 0 Å². The van der Waals surface area contributed by atoms with Crippen molar-refractivity contribution in [2.45, 2.75) is 37.4 Å². The number of hydrogen-bond acceptors (Lipinski definition) is 0. The molecule has 0 N–H and O–H groups in total. The summed E-state index contributed by atoms with van der Waals surface area (Å²) in [7, 11) is -2.74. The van der Waals surface area contributed by atoms with Gasteiger partial charge in [0, 0.05) is 4.62 Å². The fraction of sp³-hybridized carbons (Fsp3) is 0.500. The number of halogens is 1. The van der Waals surface area contributed by atoms with Crippen molar-refractivity contribution in [3.05, 3.63) is 30.3 Å². The molecule has 1 aromatic carbocycles. The molecule has 1 unspecified atom stereocenters. The molecule has 1 atom stereocenters. The van der Waals surface area contributed by atoms with Gasteiger partial charge in [0.15, 0.2) is 0 Å². The molecule has 0 bridgehead atoms. The van der Waals surface area contributed by atoms with Crippen molar-refractivity contribution in [1.82, 2.24) is 0 Å². The smallest absolute Gasteiger partial charge is 0.0963 e. The van der Waals surface area contributed by atoms with E-state index in [1.807, 2.05) is 0 Å². The van der Waals surface area contributed by atoms with Gasteiger partial charge in [-0.1, -0.05) is 68.3 Å². The lowest BCUT2D eigenvalue weighted by molar-refractivity contribution is 1.47. The van der Waals surface area contributed by atoms with Crippen molar-refractivity contribution in [1.29, 1.82) is 0 Å². The van der Waals surface area contributed by atoms with Crippen molar-refractivity contribution >= 4 is 32.9 Å². The summed E-state index contributed by atoms with van der Waals surface area (Å²) in [4.78, 5) is 0. The molecule has 1 aromatic rings. The maximum Gasteiger partial charge on any atom is 0.0963 e. The first kappa shape index (κ1) is 13.0. The summed E-state index contributed by atoms with van der Waals surface area (Å²) in [5.74, 6) is 0. The van der Waals surface area contributed by atoms with Crippen molar-refractivity contribution in [3.8, 4) is 0 Å². The second kappa shape index (κ2) is 4.44. The molecular formula is C12H21ClSi2. The summed E-state index contributed by atoms with van der Waals surface area (Å²) < 4.78 is 0.396. The Hall–Kier alpha value is -0.0562. The molecule has 0 amide bonds. The predicted molar refractivity (Wildman–Crippen MR) is 76.5 cm³/mol. The van der Waals surface area contributed by atoms with E-state index in [0.717, 1.165) is 0 Å². The SMILES string of the molecule is C[Si](C)(C)C(Cl)[Si](C)(C)c1ccccc1. The van der Waals surface area contributed by atoms with Crippen LogP contribution in [0.1, 0.15) is 0 Å². The third kappa shape index (κ3) is 2.96. The Morgan fingerprint density at radius 1 is 0.933 bits per heavy atom. The van der Waals surface area contributed by atoms with Gasteiger partial charge >= 0.3 is 0 Å². The monoisotopic (exact) mass is 256 g/mol. The van der Waals surface area contributed by atoms with E-state index >= 15 is 0 Å². The molecular weight excluding hydrogens is 236 g/mol. The van der Waals surface area contributed by atoms with E-state index in [2.05, 4.69) is 63.1 Å². The Balaban J connectivity index is 3.03. The zero-order valence-electron chi connectivity index (χ0n) is 10.3. The molecule has 3 heteroatoms. The van der Waals surface area contributed by atoms with Crippen LogP contribution < -0.4 is 5.19 Å². The largest absolute Gasteiger partial charge is 0.129 e. The van der Waals surface area contributed by atoms with Gasteiger partial charge in [-0.25, -0.2) is 0 Å². The Bertz CT molecular complexity index is 314. The molecule has 0 radical (unpaired) electrons. The van der Waals surface area contributed by atoms with Gasteiger partial charge in [-0.3, -0.25) is 0 Å². The van der Waals surface area contributed by atoms with Gasteiger partial charge in [-0.15, -0.1) is 11.6 Å². The van der Waals surface area contributed by atoms with E-state index in [-0.39, 0.29) is 0 Å². The molecule has 15 heavy (non-hydrogen) atoms. The summed E-state index contributed by atoms with van der Waals surface area (Å²) in [6.07, 6.45) is 0. The average molecular weight is 257 g/mol. The van der Waals surface area contributed by atoms with Gasteiger partial charge in [0.05, 0.1) is 16.1 Å². The standard InChI is InChI=1S/C12H21ClSi2/c1-14(2,3)12(13)15(4,5)11-9-7-6-8-10-11/h6-10,12H,1-5H3. The van der Waals surface area contributed by atoms with Crippen LogP contribution in [0.2, 0.25) is 32.7 Å². The highest BCUT2D eigenvalue weighted by Gasteiger charge is 2.40. The highest BCUT2D eigenvalue weighted by molar-refractivity contribution is 7.09. The van der Waals surface area contributed by atoms with Gasteiger partial charge in [-0.2, -0.15) is 0 Å². The van der Waals surface area contributed by atoms with E-state index in [0.29, 0.717) is 4.62 Å². The molecule has 0 saturated heterocycles. The zero-order chi connectivity index (χ0) is 11.7. The van der Waals surface area contributed by atoms with Crippen LogP contribution in [0.15, 0.2) is 30.3 Å². The Labute approximate surface area is 101 Å². The number of alkyl halides is 1. The van der Waals surface area contributed by atoms with E-state index < -0.39 is 16.1 Å². The van der Waals surface area contributed by atoms with Crippen LogP contribution in [0.4, 0.5) is 0 Å². The fourth-order valence-electron chi connectivity index (χ4n) is 2.10. The van der Waals surface area contributed by atoms with Gasteiger partial charge in [0.2, 0.25) is 0 Å². The summed E-state index contributed by atoms with van der Waals surface area (Å²) in [6.45, 7) is 11.9. The fourth-order valence-corrected chi connectivity index (χ4v) is 13.0. The third-order valence-electron chi connectivity index (χ3n) is 2.91. The molecule has 0 fully saturated rings. The minimum atomic E-state index is -1.49. The topological polar surface area (TPSA) is 0 Å². The zero-order valence-corrected chi connectivity index (χ0v) is 13.1. The van der Waals surface area contributed by atoms with E-state index in [4.69, 9.17) is 11.6 Å². The van der Waals surface area contributed by atoms with Crippen molar-refractivity contribution in [3.63, 3.8) is 0 Å². The summed E-state index contributed by atoms with van der Waals surface area (Å²) in [5.41, 5.74) is 0. The lowest BCUT2D eigenvalue weighted by atomic mass is 10.4. The van der Waals surface area contributed by atoms with Crippen molar-refractivity contribution in [2.75, 3.05) is 0 Å². The normalized spacial score (nSPS) is 15.1. The Morgan fingerprint density at radius 3 is 1.80 bits per heavy atom. The highest BCUT2D eigenvalue weighted by Crippen LogP contribution is 2.24. The summed E-state index contributed by atoms with van der Waals surface area (Å²) >= 11 is 6.71. The first-order chi connectivity index (χ1) is 6.76. The van der Waals surface area contributed by atoms with Crippen LogP contribution in [0.25, 0.3) is 0 Å². The minimum absolute atomic E-state index is 0.396. The van der Waals surface area contributed by atoms with Gasteiger partial charge in [-0.05, 0) is 0 Å². The van der Waals surface area contributed by atoms with Crippen LogP contribution in [0, 0.1) is 0 Å². The molecule has 0 heterocycles. The molecule has 0 aliphatic heterocycles. The molecule has 0 aliphatic carbocycles. The highest BCUT2D eigenvalue weighted by atomic mass is 35.5. The summed E-state index contributed by atoms with van der Waals surface area (Å²) in [5, 5.41) is 1.48. The number of benzene rings is 1. The third-order valence-corrected chi connectivity index (χ3v) is 15.9. The Kier molecular flexibility index (Phi) is 3.85. The van der Waals surface area contributed by atoms with Crippen molar-refractivity contribution in [2.24, 2.45) is 0 Å². The molecule has 1 rings (SSSR count). The predicted octanol–water partition coefficient (Wildman–Crippen LogP) is 3.63. The second-order valence-corrected chi connectivity index (χ2v) is 17.5. The first-order valence-corrected chi connectivity index (χ1v) is 12.5. The van der Waals surface area contributed by atoms with Crippen LogP contribution in [-0.2, 0) is 0 Å². The maximum absolute atomic E-state index is 6.71. The molecule has 0 nitrogen and oxygen atoms in total. The van der Waals surface area contributed by atoms with Crippen LogP contribution in [0.5, 0.6) is 0 Å². The number of hydrogen-bond donors (Lipinski definition) is 0. The summed E-state index contributed by atoms with van der Waals surface area (Å²) in [6, 6.07) is 10.8. The van der Waals surface area contributed by atoms with Crippen molar-refractivity contribution < 1.29 is 0 Å². The lowest BCUT2D eigenvalue weighted by Gasteiger charge is -2.36. The molecule has 84 valence electrons. The molecule has 0 aliphatic rings. The molecule has 0 saturated carbocycles. The maximum atomic E-state index is 6.71.